The fourth-order valence-corrected chi connectivity index (χ4v) is 2.56. The lowest BCUT2D eigenvalue weighted by Gasteiger charge is -2.01. The van der Waals surface area contributed by atoms with Gasteiger partial charge in [0.2, 0.25) is 0 Å². The summed E-state index contributed by atoms with van der Waals surface area (Å²) in [5.74, 6) is -0.220. The highest BCUT2D eigenvalue weighted by atomic mass is 32.2. The Labute approximate surface area is 117 Å². The Morgan fingerprint density at radius 2 is 2.00 bits per heavy atom. The molecule has 0 unspecified atom stereocenters. The van der Waals surface area contributed by atoms with Crippen molar-refractivity contribution in [2.75, 3.05) is 5.75 Å². The number of imidazole rings is 1. The van der Waals surface area contributed by atoms with E-state index >= 15 is 0 Å². The smallest absolute Gasteiger partial charge is 0.181 e. The standard InChI is InChI=1S/C13H9FN4OS/c14-9-3-1-8(2-4-9)10(19)5-20-13-11-12(16-6-15-11)17-7-18-13/h1-4,6-7H,5H2,(H,15,16,17,18). The summed E-state index contributed by atoms with van der Waals surface area (Å²) >= 11 is 1.30. The topological polar surface area (TPSA) is 71.5 Å². The van der Waals surface area contributed by atoms with E-state index in [2.05, 4.69) is 19.9 Å². The zero-order chi connectivity index (χ0) is 13.9. The molecule has 3 rings (SSSR count). The van der Waals surface area contributed by atoms with Crippen molar-refractivity contribution in [2.45, 2.75) is 5.03 Å². The number of H-pyrrole nitrogens is 1. The highest BCUT2D eigenvalue weighted by molar-refractivity contribution is 8.00. The number of nitrogens with zero attached hydrogens (tertiary/aromatic N) is 3. The third-order valence-corrected chi connectivity index (χ3v) is 3.68. The summed E-state index contributed by atoms with van der Waals surface area (Å²) in [6.07, 6.45) is 2.94. The molecule has 20 heavy (non-hydrogen) atoms. The first-order valence-corrected chi connectivity index (χ1v) is 6.78. The Bertz CT molecular complexity index is 756. The van der Waals surface area contributed by atoms with Crippen molar-refractivity contribution >= 4 is 28.7 Å². The molecule has 3 aromatic rings. The molecule has 0 bridgehead atoms. The van der Waals surface area contributed by atoms with E-state index in [4.69, 9.17) is 0 Å². The Kier molecular flexibility index (Phi) is 3.42. The largest absolute Gasteiger partial charge is 0.341 e. The number of ketones is 1. The van der Waals surface area contributed by atoms with E-state index in [0.29, 0.717) is 21.8 Å². The summed E-state index contributed by atoms with van der Waals surface area (Å²) in [6.45, 7) is 0. The maximum atomic E-state index is 12.8. The third kappa shape index (κ3) is 2.53. The second-order valence-corrected chi connectivity index (χ2v) is 4.96. The van der Waals surface area contributed by atoms with Gasteiger partial charge in [-0.2, -0.15) is 0 Å². The summed E-state index contributed by atoms with van der Waals surface area (Å²) in [7, 11) is 0. The predicted octanol–water partition coefficient (Wildman–Crippen LogP) is 2.47. The summed E-state index contributed by atoms with van der Waals surface area (Å²) in [6, 6.07) is 5.50. The number of hydrogen-bond acceptors (Lipinski definition) is 5. The lowest BCUT2D eigenvalue weighted by molar-refractivity contribution is 0.102. The van der Waals surface area contributed by atoms with Crippen molar-refractivity contribution in [1.29, 1.82) is 0 Å². The van der Waals surface area contributed by atoms with E-state index in [-0.39, 0.29) is 17.4 Å². The van der Waals surface area contributed by atoms with Crippen LogP contribution in [0.2, 0.25) is 0 Å². The van der Waals surface area contributed by atoms with Crippen LogP contribution in [0.25, 0.3) is 11.2 Å². The number of fused-ring (bicyclic) bond motifs is 1. The predicted molar refractivity (Wildman–Crippen MR) is 73.1 cm³/mol. The maximum absolute atomic E-state index is 12.8. The quantitative estimate of drug-likeness (QED) is 0.453. The number of nitrogens with one attached hydrogen (secondary N) is 1. The Morgan fingerprint density at radius 1 is 1.20 bits per heavy atom. The number of aromatic nitrogens is 4. The first-order chi connectivity index (χ1) is 9.74. The van der Waals surface area contributed by atoms with Gasteiger partial charge in [0, 0.05) is 5.56 Å². The van der Waals surface area contributed by atoms with Crippen molar-refractivity contribution in [1.82, 2.24) is 19.9 Å². The number of aromatic amines is 1. The molecule has 7 heteroatoms. The normalized spacial score (nSPS) is 10.8. The SMILES string of the molecule is O=C(CSc1ncnc2nc[nH]c12)c1ccc(F)cc1. The molecule has 0 radical (unpaired) electrons. The van der Waals surface area contributed by atoms with Crippen LogP contribution in [0.5, 0.6) is 0 Å². The lowest BCUT2D eigenvalue weighted by Crippen LogP contribution is -2.02. The number of benzene rings is 1. The summed E-state index contributed by atoms with van der Waals surface area (Å²) < 4.78 is 12.8. The van der Waals surface area contributed by atoms with Gasteiger partial charge in [-0.05, 0) is 24.3 Å². The summed E-state index contributed by atoms with van der Waals surface area (Å²) in [5, 5.41) is 0.669. The van der Waals surface area contributed by atoms with Gasteiger partial charge in [0.15, 0.2) is 11.4 Å². The molecule has 0 aliphatic heterocycles. The minimum atomic E-state index is -0.357. The fourth-order valence-electron chi connectivity index (χ4n) is 1.71. The molecule has 2 aromatic heterocycles. The molecule has 0 amide bonds. The Balaban J connectivity index is 1.74. The van der Waals surface area contributed by atoms with Crippen molar-refractivity contribution < 1.29 is 9.18 Å². The van der Waals surface area contributed by atoms with E-state index < -0.39 is 0 Å². The molecule has 0 aliphatic rings. The number of halogens is 1. The third-order valence-electron chi connectivity index (χ3n) is 2.69. The molecule has 0 saturated heterocycles. The van der Waals surface area contributed by atoms with Crippen molar-refractivity contribution in [3.63, 3.8) is 0 Å². The van der Waals surface area contributed by atoms with Crippen molar-refractivity contribution in [2.24, 2.45) is 0 Å². The molecule has 100 valence electrons. The van der Waals surface area contributed by atoms with Crippen LogP contribution in [-0.4, -0.2) is 31.5 Å². The van der Waals surface area contributed by atoms with Gasteiger partial charge in [-0.15, -0.1) is 0 Å². The number of hydrogen-bond donors (Lipinski definition) is 1. The number of rotatable bonds is 4. The number of Topliss-reactive ketones (excluding diaryl/α,β-unsaturated/α-hetero) is 1. The van der Waals surface area contributed by atoms with Gasteiger partial charge < -0.3 is 4.98 Å². The number of carbonyl (C=O) groups excluding carboxylic acids is 1. The first kappa shape index (κ1) is 12.7. The number of carbonyl (C=O) groups is 1. The second-order valence-electron chi connectivity index (χ2n) is 4.00. The minimum absolute atomic E-state index is 0.0822. The van der Waals surface area contributed by atoms with Crippen molar-refractivity contribution in [3.05, 3.63) is 48.3 Å². The molecule has 2 heterocycles. The monoisotopic (exact) mass is 288 g/mol. The van der Waals surface area contributed by atoms with Gasteiger partial charge in [-0.3, -0.25) is 4.79 Å². The van der Waals surface area contributed by atoms with Gasteiger partial charge in [0.1, 0.15) is 22.7 Å². The van der Waals surface area contributed by atoms with E-state index in [1.165, 1.54) is 48.7 Å². The Morgan fingerprint density at radius 3 is 2.80 bits per heavy atom. The zero-order valence-corrected chi connectivity index (χ0v) is 11.0. The molecule has 0 atom stereocenters. The van der Waals surface area contributed by atoms with E-state index in [1.807, 2.05) is 0 Å². The van der Waals surface area contributed by atoms with Crippen LogP contribution < -0.4 is 0 Å². The molecular formula is C13H9FN4OS. The average molecular weight is 288 g/mol. The minimum Gasteiger partial charge on any atom is -0.341 e. The van der Waals surface area contributed by atoms with E-state index in [9.17, 15) is 9.18 Å². The van der Waals surface area contributed by atoms with E-state index in [1.54, 1.807) is 0 Å². The molecule has 1 aromatic carbocycles. The van der Waals surface area contributed by atoms with Crippen LogP contribution in [0.4, 0.5) is 4.39 Å². The Hall–Kier alpha value is -2.28. The second kappa shape index (κ2) is 5.38. The number of thioether (sulfide) groups is 1. The molecule has 0 saturated carbocycles. The highest BCUT2D eigenvalue weighted by Gasteiger charge is 2.11. The van der Waals surface area contributed by atoms with Gasteiger partial charge >= 0.3 is 0 Å². The van der Waals surface area contributed by atoms with Gasteiger partial charge in [0.25, 0.3) is 0 Å². The van der Waals surface area contributed by atoms with Crippen molar-refractivity contribution in [3.8, 4) is 0 Å². The van der Waals surface area contributed by atoms with Crippen LogP contribution >= 0.6 is 11.8 Å². The van der Waals surface area contributed by atoms with Crippen LogP contribution in [0.3, 0.4) is 0 Å². The molecule has 0 fully saturated rings. The van der Waals surface area contributed by atoms with Gasteiger partial charge in [-0.25, -0.2) is 19.3 Å². The fraction of sp³-hybridized carbons (Fsp3) is 0.0769. The maximum Gasteiger partial charge on any atom is 0.181 e. The van der Waals surface area contributed by atoms with Crippen LogP contribution in [0, 0.1) is 5.82 Å². The average Bonchev–Trinajstić information content (AvgIpc) is 2.94. The van der Waals surface area contributed by atoms with Gasteiger partial charge in [0.05, 0.1) is 12.1 Å². The molecule has 5 nitrogen and oxygen atoms in total. The first-order valence-electron chi connectivity index (χ1n) is 5.79. The molecule has 0 spiro atoms. The summed E-state index contributed by atoms with van der Waals surface area (Å²) in [4.78, 5) is 27.1. The molecule has 1 N–H and O–H groups in total. The summed E-state index contributed by atoms with van der Waals surface area (Å²) in [5.41, 5.74) is 1.76. The molecule has 0 aliphatic carbocycles. The van der Waals surface area contributed by atoms with Crippen LogP contribution in [-0.2, 0) is 0 Å². The van der Waals surface area contributed by atoms with Gasteiger partial charge in [-0.1, -0.05) is 11.8 Å². The van der Waals surface area contributed by atoms with E-state index in [0.717, 1.165) is 0 Å². The highest BCUT2D eigenvalue weighted by Crippen LogP contribution is 2.22. The lowest BCUT2D eigenvalue weighted by atomic mass is 10.1. The zero-order valence-electron chi connectivity index (χ0n) is 10.2. The molecular weight excluding hydrogens is 279 g/mol. The van der Waals surface area contributed by atoms with Crippen LogP contribution in [0.1, 0.15) is 10.4 Å². The van der Waals surface area contributed by atoms with Crippen LogP contribution in [0.15, 0.2) is 41.9 Å².